The molecule has 1 fully saturated rings. The molecule has 0 radical (unpaired) electrons. The number of nitrogens with one attached hydrogen (secondary N) is 1. The van der Waals surface area contributed by atoms with Gasteiger partial charge in [0.15, 0.2) is 0 Å². The Balaban J connectivity index is 1.71. The van der Waals surface area contributed by atoms with Crippen LogP contribution in [-0.4, -0.2) is 26.8 Å². The Morgan fingerprint density at radius 1 is 1.21 bits per heavy atom. The van der Waals surface area contributed by atoms with Gasteiger partial charge in [0, 0.05) is 11.9 Å². The van der Waals surface area contributed by atoms with E-state index in [0.29, 0.717) is 22.9 Å². The van der Waals surface area contributed by atoms with Crippen LogP contribution in [0.4, 0.5) is 5.69 Å². The number of aliphatic carboxylic acids is 1. The molecule has 126 valence electrons. The zero-order chi connectivity index (χ0) is 16.9. The van der Waals surface area contributed by atoms with Gasteiger partial charge >= 0.3 is 5.97 Å². The van der Waals surface area contributed by atoms with Crippen molar-refractivity contribution < 1.29 is 14.7 Å². The lowest BCUT2D eigenvalue weighted by atomic mass is 9.96. The topological polar surface area (TPSA) is 84.2 Å². The second-order valence-corrected chi connectivity index (χ2v) is 6.18. The van der Waals surface area contributed by atoms with Crippen LogP contribution in [0.1, 0.15) is 54.1 Å². The number of amides is 1. The number of nitrogens with zero attached hydrogens (tertiary/aromatic N) is 2. The molecule has 2 N–H and O–H groups in total. The smallest absolute Gasteiger partial charge is 0.307 e. The van der Waals surface area contributed by atoms with E-state index >= 15 is 0 Å². The largest absolute Gasteiger partial charge is 0.481 e. The molecule has 3 rings (SSSR count). The summed E-state index contributed by atoms with van der Waals surface area (Å²) in [6.07, 6.45) is 9.11. The SMILES string of the molecule is O=C(O)Cc1ccccc1NC(=O)c1cnn(C2CCCCC2)c1. The fourth-order valence-corrected chi connectivity index (χ4v) is 3.15. The highest BCUT2D eigenvalue weighted by Crippen LogP contribution is 2.27. The number of carbonyl (C=O) groups excluding carboxylic acids is 1. The van der Waals surface area contributed by atoms with Crippen molar-refractivity contribution >= 4 is 17.6 Å². The third-order valence-corrected chi connectivity index (χ3v) is 4.42. The van der Waals surface area contributed by atoms with Crippen LogP contribution in [0.25, 0.3) is 0 Å². The van der Waals surface area contributed by atoms with Crippen molar-refractivity contribution in [2.45, 2.75) is 44.6 Å². The van der Waals surface area contributed by atoms with Crippen molar-refractivity contribution in [3.05, 3.63) is 47.8 Å². The average Bonchev–Trinajstić information content (AvgIpc) is 3.07. The number of carboxylic acid groups (broad SMARTS) is 1. The highest BCUT2D eigenvalue weighted by atomic mass is 16.4. The fraction of sp³-hybridized carbons (Fsp3) is 0.389. The number of hydrogen-bond acceptors (Lipinski definition) is 3. The van der Waals surface area contributed by atoms with Gasteiger partial charge in [0.05, 0.1) is 24.2 Å². The van der Waals surface area contributed by atoms with Crippen molar-refractivity contribution in [3.63, 3.8) is 0 Å². The fourth-order valence-electron chi connectivity index (χ4n) is 3.15. The molecule has 24 heavy (non-hydrogen) atoms. The van der Waals surface area contributed by atoms with E-state index in [-0.39, 0.29) is 12.3 Å². The van der Waals surface area contributed by atoms with Gasteiger partial charge in [-0.3, -0.25) is 14.3 Å². The number of para-hydroxylation sites is 1. The molecule has 0 spiro atoms. The molecule has 1 saturated carbocycles. The number of carboxylic acids is 1. The summed E-state index contributed by atoms with van der Waals surface area (Å²) in [5, 5.41) is 16.1. The van der Waals surface area contributed by atoms with Gasteiger partial charge in [-0.1, -0.05) is 37.5 Å². The van der Waals surface area contributed by atoms with Crippen LogP contribution in [0.15, 0.2) is 36.7 Å². The van der Waals surface area contributed by atoms with E-state index < -0.39 is 5.97 Å². The van der Waals surface area contributed by atoms with E-state index in [2.05, 4.69) is 10.4 Å². The Labute approximate surface area is 140 Å². The van der Waals surface area contributed by atoms with Crippen molar-refractivity contribution in [1.82, 2.24) is 9.78 Å². The maximum atomic E-state index is 12.4. The molecule has 1 aliphatic rings. The number of anilines is 1. The van der Waals surface area contributed by atoms with Crippen LogP contribution < -0.4 is 5.32 Å². The van der Waals surface area contributed by atoms with E-state index in [0.717, 1.165) is 12.8 Å². The Morgan fingerprint density at radius 2 is 1.96 bits per heavy atom. The average molecular weight is 327 g/mol. The Hall–Kier alpha value is -2.63. The third kappa shape index (κ3) is 3.82. The molecule has 1 aliphatic carbocycles. The maximum absolute atomic E-state index is 12.4. The predicted octanol–water partition coefficient (Wildman–Crippen LogP) is 3.27. The van der Waals surface area contributed by atoms with E-state index in [1.165, 1.54) is 19.3 Å². The van der Waals surface area contributed by atoms with Crippen LogP contribution in [0.3, 0.4) is 0 Å². The first-order chi connectivity index (χ1) is 11.6. The number of rotatable bonds is 5. The quantitative estimate of drug-likeness (QED) is 0.883. The van der Waals surface area contributed by atoms with Gasteiger partial charge in [0.25, 0.3) is 5.91 Å². The molecule has 2 aromatic rings. The van der Waals surface area contributed by atoms with E-state index in [1.807, 2.05) is 4.68 Å². The Kier molecular flexibility index (Phi) is 4.93. The summed E-state index contributed by atoms with van der Waals surface area (Å²) < 4.78 is 1.89. The van der Waals surface area contributed by atoms with Crippen LogP contribution in [-0.2, 0) is 11.2 Å². The highest BCUT2D eigenvalue weighted by Gasteiger charge is 2.18. The van der Waals surface area contributed by atoms with Crippen LogP contribution in [0.5, 0.6) is 0 Å². The Morgan fingerprint density at radius 3 is 2.71 bits per heavy atom. The molecule has 0 unspecified atom stereocenters. The van der Waals surface area contributed by atoms with Gasteiger partial charge in [-0.2, -0.15) is 5.10 Å². The molecule has 6 nitrogen and oxygen atoms in total. The lowest BCUT2D eigenvalue weighted by molar-refractivity contribution is -0.136. The summed E-state index contributed by atoms with van der Waals surface area (Å²) in [6, 6.07) is 7.32. The van der Waals surface area contributed by atoms with E-state index in [4.69, 9.17) is 5.11 Å². The van der Waals surface area contributed by atoms with Crippen LogP contribution in [0, 0.1) is 0 Å². The predicted molar refractivity (Wildman–Crippen MR) is 90.1 cm³/mol. The zero-order valence-corrected chi connectivity index (χ0v) is 13.4. The summed E-state index contributed by atoms with van der Waals surface area (Å²) in [7, 11) is 0. The minimum Gasteiger partial charge on any atom is -0.481 e. The first-order valence-corrected chi connectivity index (χ1v) is 8.28. The maximum Gasteiger partial charge on any atom is 0.307 e. The molecular formula is C18H21N3O3. The van der Waals surface area contributed by atoms with E-state index in [9.17, 15) is 9.59 Å². The Bertz CT molecular complexity index is 733. The van der Waals surface area contributed by atoms with Crippen molar-refractivity contribution in [3.8, 4) is 0 Å². The molecule has 1 amide bonds. The lowest BCUT2D eigenvalue weighted by Crippen LogP contribution is -2.15. The van der Waals surface area contributed by atoms with Crippen molar-refractivity contribution in [2.24, 2.45) is 0 Å². The summed E-state index contributed by atoms with van der Waals surface area (Å²) in [5.41, 5.74) is 1.60. The molecule has 1 aromatic heterocycles. The molecule has 0 bridgehead atoms. The minimum atomic E-state index is -0.929. The number of aromatic nitrogens is 2. The molecule has 1 heterocycles. The van der Waals surface area contributed by atoms with Gasteiger partial charge < -0.3 is 10.4 Å². The number of carbonyl (C=O) groups is 2. The monoisotopic (exact) mass is 327 g/mol. The second kappa shape index (κ2) is 7.29. The van der Waals surface area contributed by atoms with Gasteiger partial charge in [-0.25, -0.2) is 0 Å². The molecule has 0 atom stereocenters. The van der Waals surface area contributed by atoms with Gasteiger partial charge in [-0.05, 0) is 24.5 Å². The first-order valence-electron chi connectivity index (χ1n) is 8.28. The van der Waals surface area contributed by atoms with Gasteiger partial charge in [0.1, 0.15) is 0 Å². The summed E-state index contributed by atoms with van der Waals surface area (Å²) in [5.74, 6) is -1.20. The number of hydrogen-bond donors (Lipinski definition) is 2. The summed E-state index contributed by atoms with van der Waals surface area (Å²) >= 11 is 0. The first kappa shape index (κ1) is 16.2. The standard InChI is InChI=1S/C18H21N3O3/c22-17(23)10-13-6-4-5-9-16(13)20-18(24)14-11-19-21(12-14)15-7-2-1-3-8-15/h4-6,9,11-12,15H,1-3,7-8,10H2,(H,20,24)(H,22,23). The minimum absolute atomic E-state index is 0.127. The summed E-state index contributed by atoms with van der Waals surface area (Å²) in [6.45, 7) is 0. The zero-order valence-electron chi connectivity index (χ0n) is 13.4. The van der Waals surface area contributed by atoms with Gasteiger partial charge in [0.2, 0.25) is 0 Å². The summed E-state index contributed by atoms with van der Waals surface area (Å²) in [4.78, 5) is 23.4. The lowest BCUT2D eigenvalue weighted by Gasteiger charge is -2.21. The van der Waals surface area contributed by atoms with Crippen LogP contribution >= 0.6 is 0 Å². The second-order valence-electron chi connectivity index (χ2n) is 6.18. The van der Waals surface area contributed by atoms with Crippen molar-refractivity contribution in [2.75, 3.05) is 5.32 Å². The molecule has 0 aliphatic heterocycles. The molecule has 0 saturated heterocycles. The van der Waals surface area contributed by atoms with E-state index in [1.54, 1.807) is 36.7 Å². The van der Waals surface area contributed by atoms with Crippen molar-refractivity contribution in [1.29, 1.82) is 0 Å². The highest BCUT2D eigenvalue weighted by molar-refractivity contribution is 6.04. The molecule has 1 aromatic carbocycles. The van der Waals surface area contributed by atoms with Crippen LogP contribution in [0.2, 0.25) is 0 Å². The molecule has 6 heteroatoms. The normalized spacial score (nSPS) is 15.2. The number of benzene rings is 1. The van der Waals surface area contributed by atoms with Gasteiger partial charge in [-0.15, -0.1) is 0 Å². The third-order valence-electron chi connectivity index (χ3n) is 4.42. The molecular weight excluding hydrogens is 306 g/mol.